The fourth-order valence-corrected chi connectivity index (χ4v) is 1.41. The van der Waals surface area contributed by atoms with Crippen molar-refractivity contribution in [2.45, 2.75) is 66.8 Å². The Balaban J connectivity index is 0.000000921. The van der Waals surface area contributed by atoms with E-state index in [2.05, 4.69) is 23.9 Å². The van der Waals surface area contributed by atoms with Gasteiger partial charge in [-0.05, 0) is 19.8 Å². The number of rotatable bonds is 5. The third kappa shape index (κ3) is 4.96. The van der Waals surface area contributed by atoms with Crippen molar-refractivity contribution in [3.8, 4) is 0 Å². The molecule has 0 saturated heterocycles. The van der Waals surface area contributed by atoms with Gasteiger partial charge in [0.2, 0.25) is 0 Å². The van der Waals surface area contributed by atoms with Gasteiger partial charge >= 0.3 is 0 Å². The van der Waals surface area contributed by atoms with Crippen LogP contribution in [0.4, 0.5) is 0 Å². The highest BCUT2D eigenvalue weighted by molar-refractivity contribution is 4.91. The molecule has 0 amide bonds. The molecule has 0 N–H and O–H groups in total. The molecule has 1 aromatic rings. The number of aromatic nitrogens is 3. The van der Waals surface area contributed by atoms with Gasteiger partial charge < -0.3 is 0 Å². The second-order valence-corrected chi connectivity index (χ2v) is 3.40. The predicted octanol–water partition coefficient (Wildman–Crippen LogP) is 3.37. The molecule has 3 nitrogen and oxygen atoms in total. The van der Waals surface area contributed by atoms with E-state index in [1.165, 1.54) is 12.8 Å². The third-order valence-corrected chi connectivity index (χ3v) is 2.04. The van der Waals surface area contributed by atoms with Crippen LogP contribution in [0.15, 0.2) is 0 Å². The van der Waals surface area contributed by atoms with Crippen LogP contribution >= 0.6 is 0 Å². The van der Waals surface area contributed by atoms with Crippen molar-refractivity contribution >= 4 is 0 Å². The molecule has 0 radical (unpaired) electrons. The van der Waals surface area contributed by atoms with Crippen LogP contribution in [0, 0.1) is 6.92 Å². The average Bonchev–Trinajstić information content (AvgIpc) is 2.60. The van der Waals surface area contributed by atoms with E-state index in [0.717, 1.165) is 31.0 Å². The van der Waals surface area contributed by atoms with E-state index in [4.69, 9.17) is 0 Å². The summed E-state index contributed by atoms with van der Waals surface area (Å²) in [5.74, 6) is 2.06. The molecule has 0 atom stereocenters. The van der Waals surface area contributed by atoms with E-state index < -0.39 is 0 Å². The Labute approximate surface area is 93.9 Å². The highest BCUT2D eigenvalue weighted by Crippen LogP contribution is 2.04. The molecule has 1 aromatic heterocycles. The molecule has 88 valence electrons. The zero-order valence-corrected chi connectivity index (χ0v) is 10.9. The fourth-order valence-electron chi connectivity index (χ4n) is 1.41. The van der Waals surface area contributed by atoms with Crippen molar-refractivity contribution in [3.05, 3.63) is 11.6 Å². The van der Waals surface area contributed by atoms with Crippen LogP contribution in [0.1, 0.15) is 58.6 Å². The van der Waals surface area contributed by atoms with Gasteiger partial charge in [0.25, 0.3) is 0 Å². The Hall–Kier alpha value is -0.860. The highest BCUT2D eigenvalue weighted by Gasteiger charge is 2.04. The molecule has 0 aliphatic carbocycles. The normalized spacial score (nSPS) is 9.67. The van der Waals surface area contributed by atoms with Gasteiger partial charge in [-0.2, -0.15) is 5.10 Å². The Kier molecular flexibility index (Phi) is 7.96. The average molecular weight is 211 g/mol. The van der Waals surface area contributed by atoms with Crippen molar-refractivity contribution in [2.24, 2.45) is 0 Å². The van der Waals surface area contributed by atoms with E-state index >= 15 is 0 Å². The van der Waals surface area contributed by atoms with Crippen LogP contribution in [0.3, 0.4) is 0 Å². The summed E-state index contributed by atoms with van der Waals surface area (Å²) in [6, 6.07) is 0. The first kappa shape index (κ1) is 14.1. The first-order valence-corrected chi connectivity index (χ1v) is 6.18. The lowest BCUT2D eigenvalue weighted by Crippen LogP contribution is -2.05. The second kappa shape index (κ2) is 8.45. The van der Waals surface area contributed by atoms with Crippen molar-refractivity contribution in [1.82, 2.24) is 14.8 Å². The van der Waals surface area contributed by atoms with Crippen molar-refractivity contribution in [2.75, 3.05) is 0 Å². The summed E-state index contributed by atoms with van der Waals surface area (Å²) in [7, 11) is 0. The molecule has 0 aliphatic rings. The number of unbranched alkanes of at least 4 members (excludes halogenated alkanes) is 1. The first-order valence-electron chi connectivity index (χ1n) is 6.18. The van der Waals surface area contributed by atoms with Crippen molar-refractivity contribution in [1.29, 1.82) is 0 Å². The van der Waals surface area contributed by atoms with Gasteiger partial charge in [-0.1, -0.05) is 34.1 Å². The molecule has 3 heteroatoms. The van der Waals surface area contributed by atoms with Crippen molar-refractivity contribution < 1.29 is 0 Å². The fraction of sp³-hybridized carbons (Fsp3) is 0.833. The zero-order chi connectivity index (χ0) is 11.7. The van der Waals surface area contributed by atoms with Gasteiger partial charge in [0.1, 0.15) is 11.6 Å². The minimum atomic E-state index is 0.902. The summed E-state index contributed by atoms with van der Waals surface area (Å²) in [6.07, 6.45) is 4.62. The Bertz CT molecular complexity index is 253. The van der Waals surface area contributed by atoms with Crippen LogP contribution in [0.5, 0.6) is 0 Å². The van der Waals surface area contributed by atoms with E-state index in [1.807, 2.05) is 25.5 Å². The third-order valence-electron chi connectivity index (χ3n) is 2.04. The molecular weight excluding hydrogens is 186 g/mol. The van der Waals surface area contributed by atoms with E-state index in [9.17, 15) is 0 Å². The minimum Gasteiger partial charge on any atom is -0.250 e. The largest absolute Gasteiger partial charge is 0.250 e. The second-order valence-electron chi connectivity index (χ2n) is 3.40. The molecule has 0 unspecified atom stereocenters. The monoisotopic (exact) mass is 211 g/mol. The van der Waals surface area contributed by atoms with Crippen LogP contribution in [0.25, 0.3) is 0 Å². The standard InChI is InChI=1S/C10H19N3.C2H6/c1-4-6-7-10-11-9(3)12-13(10)8-5-2;1-2/h4-8H2,1-3H3;1-2H3. The van der Waals surface area contributed by atoms with Crippen LogP contribution in [-0.4, -0.2) is 14.8 Å². The molecule has 15 heavy (non-hydrogen) atoms. The molecule has 1 rings (SSSR count). The maximum Gasteiger partial charge on any atom is 0.147 e. The molecule has 0 spiro atoms. The molecule has 0 bridgehead atoms. The Morgan fingerprint density at radius 1 is 1.13 bits per heavy atom. The Morgan fingerprint density at radius 3 is 2.33 bits per heavy atom. The number of aryl methyl sites for hydroxylation is 3. The smallest absolute Gasteiger partial charge is 0.147 e. The lowest BCUT2D eigenvalue weighted by Gasteiger charge is -2.02. The zero-order valence-electron chi connectivity index (χ0n) is 10.9. The van der Waals surface area contributed by atoms with Gasteiger partial charge in [0.05, 0.1) is 0 Å². The summed E-state index contributed by atoms with van der Waals surface area (Å²) in [5, 5.41) is 4.36. The molecule has 0 fully saturated rings. The minimum absolute atomic E-state index is 0.902. The van der Waals surface area contributed by atoms with E-state index in [0.29, 0.717) is 0 Å². The van der Waals surface area contributed by atoms with Crippen molar-refractivity contribution in [3.63, 3.8) is 0 Å². The lowest BCUT2D eigenvalue weighted by molar-refractivity contribution is 0.558. The van der Waals surface area contributed by atoms with Gasteiger partial charge in [-0.15, -0.1) is 0 Å². The van der Waals surface area contributed by atoms with Crippen LogP contribution < -0.4 is 0 Å². The van der Waals surface area contributed by atoms with Gasteiger partial charge in [0.15, 0.2) is 0 Å². The van der Waals surface area contributed by atoms with Gasteiger partial charge in [0, 0.05) is 13.0 Å². The van der Waals surface area contributed by atoms with Gasteiger partial charge in [-0.25, -0.2) is 9.67 Å². The molecule has 0 aliphatic heterocycles. The molecule has 0 aromatic carbocycles. The maximum absolute atomic E-state index is 4.42. The summed E-state index contributed by atoms with van der Waals surface area (Å²) in [5.41, 5.74) is 0. The quantitative estimate of drug-likeness (QED) is 0.747. The maximum atomic E-state index is 4.42. The number of nitrogens with zero attached hydrogens (tertiary/aromatic N) is 3. The topological polar surface area (TPSA) is 30.7 Å². The Morgan fingerprint density at radius 2 is 1.80 bits per heavy atom. The predicted molar refractivity (Wildman–Crippen MR) is 65.0 cm³/mol. The van der Waals surface area contributed by atoms with Crippen LogP contribution in [-0.2, 0) is 13.0 Å². The van der Waals surface area contributed by atoms with E-state index in [1.54, 1.807) is 0 Å². The molecule has 1 heterocycles. The molecule has 0 saturated carbocycles. The summed E-state index contributed by atoms with van der Waals surface area (Å²) >= 11 is 0. The number of hydrogen-bond donors (Lipinski definition) is 0. The highest BCUT2D eigenvalue weighted by atomic mass is 15.3. The summed E-state index contributed by atoms with van der Waals surface area (Å²) in [6.45, 7) is 11.3. The SMILES string of the molecule is CC.CCCCc1nc(C)nn1CCC. The van der Waals surface area contributed by atoms with E-state index in [-0.39, 0.29) is 0 Å². The summed E-state index contributed by atoms with van der Waals surface area (Å²) in [4.78, 5) is 4.42. The summed E-state index contributed by atoms with van der Waals surface area (Å²) < 4.78 is 2.05. The van der Waals surface area contributed by atoms with Crippen LogP contribution in [0.2, 0.25) is 0 Å². The lowest BCUT2D eigenvalue weighted by atomic mass is 10.2. The molecular formula is C12H25N3. The number of hydrogen-bond acceptors (Lipinski definition) is 2. The van der Waals surface area contributed by atoms with Gasteiger partial charge in [-0.3, -0.25) is 0 Å². The first-order chi connectivity index (χ1) is 7.27.